The van der Waals surface area contributed by atoms with E-state index in [4.69, 9.17) is 4.74 Å². The lowest BCUT2D eigenvalue weighted by molar-refractivity contribution is 0.0698. The van der Waals surface area contributed by atoms with E-state index in [1.165, 1.54) is 42.3 Å². The predicted molar refractivity (Wildman–Crippen MR) is 74.5 cm³/mol. The van der Waals surface area contributed by atoms with E-state index in [-0.39, 0.29) is 11.3 Å². The van der Waals surface area contributed by atoms with Crippen LogP contribution in [0.15, 0.2) is 42.7 Å². The van der Waals surface area contributed by atoms with Crippen molar-refractivity contribution >= 4 is 17.0 Å². The molecule has 0 atom stereocenters. The highest BCUT2D eigenvalue weighted by molar-refractivity contribution is 6.01. The Bertz CT molecular complexity index is 842. The Morgan fingerprint density at radius 1 is 1.33 bits per heavy atom. The van der Waals surface area contributed by atoms with Crippen molar-refractivity contribution in [2.24, 2.45) is 0 Å². The van der Waals surface area contributed by atoms with Crippen molar-refractivity contribution in [1.82, 2.24) is 9.55 Å². The van der Waals surface area contributed by atoms with Crippen LogP contribution < -0.4 is 4.74 Å². The van der Waals surface area contributed by atoms with Crippen molar-refractivity contribution in [3.05, 3.63) is 54.1 Å². The first kappa shape index (κ1) is 13.1. The number of methoxy groups -OCH3 is 1. The van der Waals surface area contributed by atoms with E-state index in [0.717, 1.165) is 0 Å². The molecule has 0 fully saturated rings. The minimum absolute atomic E-state index is 0.0622. The number of carbonyl (C=O) groups is 1. The SMILES string of the molecule is COc1ccc(F)c(-n2cnc3cccc(C(=O)O)c32)c1. The van der Waals surface area contributed by atoms with Crippen molar-refractivity contribution in [2.75, 3.05) is 7.11 Å². The number of carboxylic acid groups (broad SMARTS) is 1. The summed E-state index contributed by atoms with van der Waals surface area (Å²) in [6, 6.07) is 9.00. The molecular formula is C15H11FN2O3. The molecule has 0 radical (unpaired) electrons. The van der Waals surface area contributed by atoms with Gasteiger partial charge in [0.15, 0.2) is 0 Å². The maximum Gasteiger partial charge on any atom is 0.337 e. The summed E-state index contributed by atoms with van der Waals surface area (Å²) in [5.74, 6) is -1.11. The Morgan fingerprint density at radius 2 is 2.14 bits per heavy atom. The fraction of sp³-hybridized carbons (Fsp3) is 0.0667. The van der Waals surface area contributed by atoms with Gasteiger partial charge in [-0.3, -0.25) is 4.57 Å². The molecule has 0 bridgehead atoms. The van der Waals surface area contributed by atoms with Crippen molar-refractivity contribution < 1.29 is 19.0 Å². The van der Waals surface area contributed by atoms with E-state index in [1.54, 1.807) is 12.1 Å². The molecule has 2 aromatic carbocycles. The number of fused-ring (bicyclic) bond motifs is 1. The van der Waals surface area contributed by atoms with Gasteiger partial charge < -0.3 is 9.84 Å². The van der Waals surface area contributed by atoms with Crippen LogP contribution in [0.2, 0.25) is 0 Å². The molecule has 3 aromatic rings. The van der Waals surface area contributed by atoms with Crippen molar-refractivity contribution in [1.29, 1.82) is 0 Å². The Labute approximate surface area is 119 Å². The summed E-state index contributed by atoms with van der Waals surface area (Å²) in [5, 5.41) is 9.28. The van der Waals surface area contributed by atoms with Crippen LogP contribution in [0.1, 0.15) is 10.4 Å². The van der Waals surface area contributed by atoms with Gasteiger partial charge >= 0.3 is 5.97 Å². The van der Waals surface area contributed by atoms with Gasteiger partial charge in [-0.25, -0.2) is 14.2 Å². The fourth-order valence-corrected chi connectivity index (χ4v) is 2.23. The smallest absolute Gasteiger partial charge is 0.337 e. The zero-order valence-electron chi connectivity index (χ0n) is 11.1. The average Bonchev–Trinajstić information content (AvgIpc) is 2.91. The topological polar surface area (TPSA) is 64.4 Å². The second-order valence-electron chi connectivity index (χ2n) is 4.41. The van der Waals surface area contributed by atoms with E-state index in [1.807, 2.05) is 0 Å². The van der Waals surface area contributed by atoms with Crippen LogP contribution in [-0.2, 0) is 0 Å². The van der Waals surface area contributed by atoms with Crippen LogP contribution >= 0.6 is 0 Å². The highest BCUT2D eigenvalue weighted by Gasteiger charge is 2.16. The summed E-state index contributed by atoms with van der Waals surface area (Å²) in [5.41, 5.74) is 1.08. The van der Waals surface area contributed by atoms with Gasteiger partial charge in [-0.1, -0.05) is 6.07 Å². The fourth-order valence-electron chi connectivity index (χ4n) is 2.23. The third kappa shape index (κ3) is 2.10. The molecule has 0 saturated carbocycles. The molecule has 0 saturated heterocycles. The number of imidazole rings is 1. The largest absolute Gasteiger partial charge is 0.497 e. The molecule has 0 amide bonds. The molecule has 0 unspecified atom stereocenters. The van der Waals surface area contributed by atoms with Gasteiger partial charge in [-0.2, -0.15) is 0 Å². The number of carboxylic acids is 1. The number of aromatic carboxylic acids is 1. The molecule has 0 spiro atoms. The monoisotopic (exact) mass is 286 g/mol. The van der Waals surface area contributed by atoms with E-state index in [0.29, 0.717) is 16.8 Å². The highest BCUT2D eigenvalue weighted by Crippen LogP contribution is 2.26. The molecule has 1 aromatic heterocycles. The summed E-state index contributed by atoms with van der Waals surface area (Å²) in [6.07, 6.45) is 1.40. The molecule has 5 nitrogen and oxygen atoms in total. The molecule has 3 rings (SSSR count). The van der Waals surface area contributed by atoms with Crippen molar-refractivity contribution in [3.8, 4) is 11.4 Å². The third-order valence-electron chi connectivity index (χ3n) is 3.21. The Hall–Kier alpha value is -2.89. The number of hydrogen-bond donors (Lipinski definition) is 1. The van der Waals surface area contributed by atoms with E-state index in [2.05, 4.69) is 4.98 Å². The first-order chi connectivity index (χ1) is 10.1. The second kappa shape index (κ2) is 4.90. The molecule has 106 valence electrons. The number of benzene rings is 2. The number of halogens is 1. The highest BCUT2D eigenvalue weighted by atomic mass is 19.1. The van der Waals surface area contributed by atoms with Crippen molar-refractivity contribution in [2.45, 2.75) is 0 Å². The molecule has 0 aliphatic heterocycles. The molecule has 21 heavy (non-hydrogen) atoms. The summed E-state index contributed by atoms with van der Waals surface area (Å²) in [7, 11) is 1.48. The molecule has 1 heterocycles. The van der Waals surface area contributed by atoms with Crippen LogP contribution in [0.4, 0.5) is 4.39 Å². The first-order valence-electron chi connectivity index (χ1n) is 6.15. The van der Waals surface area contributed by atoms with Gasteiger partial charge in [0, 0.05) is 6.07 Å². The molecule has 1 N–H and O–H groups in total. The second-order valence-corrected chi connectivity index (χ2v) is 4.41. The average molecular weight is 286 g/mol. The molecule has 0 aliphatic carbocycles. The Kier molecular flexibility index (Phi) is 3.06. The predicted octanol–water partition coefficient (Wildman–Crippen LogP) is 2.87. The van der Waals surface area contributed by atoms with Crippen LogP contribution in [0.25, 0.3) is 16.7 Å². The summed E-state index contributed by atoms with van der Waals surface area (Å²) >= 11 is 0. The molecular weight excluding hydrogens is 275 g/mol. The normalized spacial score (nSPS) is 10.8. The lowest BCUT2D eigenvalue weighted by Crippen LogP contribution is -2.03. The van der Waals surface area contributed by atoms with E-state index >= 15 is 0 Å². The number of nitrogens with zero attached hydrogens (tertiary/aromatic N) is 2. The summed E-state index contributed by atoms with van der Waals surface area (Å²) in [4.78, 5) is 15.5. The number of rotatable bonds is 3. The van der Waals surface area contributed by atoms with Gasteiger partial charge in [0.25, 0.3) is 0 Å². The lowest BCUT2D eigenvalue weighted by Gasteiger charge is -2.09. The van der Waals surface area contributed by atoms with E-state index < -0.39 is 11.8 Å². The van der Waals surface area contributed by atoms with Gasteiger partial charge in [-0.05, 0) is 24.3 Å². The van der Waals surface area contributed by atoms with Crippen LogP contribution in [-0.4, -0.2) is 27.7 Å². The van der Waals surface area contributed by atoms with Crippen LogP contribution in [0.5, 0.6) is 5.75 Å². The van der Waals surface area contributed by atoms with Crippen molar-refractivity contribution in [3.63, 3.8) is 0 Å². The van der Waals surface area contributed by atoms with Crippen LogP contribution in [0.3, 0.4) is 0 Å². The minimum atomic E-state index is -1.09. The summed E-state index contributed by atoms with van der Waals surface area (Å²) < 4.78 is 20.6. The molecule has 6 heteroatoms. The Morgan fingerprint density at radius 3 is 2.86 bits per heavy atom. The quantitative estimate of drug-likeness (QED) is 0.804. The number of hydrogen-bond acceptors (Lipinski definition) is 3. The maximum atomic E-state index is 14.1. The van der Waals surface area contributed by atoms with Gasteiger partial charge in [0.2, 0.25) is 0 Å². The number of para-hydroxylation sites is 1. The number of aromatic nitrogens is 2. The first-order valence-corrected chi connectivity index (χ1v) is 6.15. The standard InChI is InChI=1S/C15H11FN2O3/c1-21-9-5-6-11(16)13(7-9)18-8-17-12-4-2-3-10(14(12)18)15(19)20/h2-8H,1H3,(H,19,20). The third-order valence-corrected chi connectivity index (χ3v) is 3.21. The van der Waals surface area contributed by atoms with Gasteiger partial charge in [-0.15, -0.1) is 0 Å². The molecule has 0 aliphatic rings. The maximum absolute atomic E-state index is 14.1. The van der Waals surface area contributed by atoms with Crippen LogP contribution in [0, 0.1) is 5.82 Å². The number of ether oxygens (including phenoxy) is 1. The lowest BCUT2D eigenvalue weighted by atomic mass is 10.1. The minimum Gasteiger partial charge on any atom is -0.497 e. The zero-order valence-corrected chi connectivity index (χ0v) is 11.1. The van der Waals surface area contributed by atoms with E-state index in [9.17, 15) is 14.3 Å². The van der Waals surface area contributed by atoms with Gasteiger partial charge in [0.05, 0.1) is 29.4 Å². The Balaban J connectivity index is 2.33. The summed E-state index contributed by atoms with van der Waals surface area (Å²) in [6.45, 7) is 0. The van der Waals surface area contributed by atoms with Gasteiger partial charge in [0.1, 0.15) is 17.9 Å². The zero-order chi connectivity index (χ0) is 15.0.